The lowest BCUT2D eigenvalue weighted by Crippen LogP contribution is -2.24. The van der Waals surface area contributed by atoms with Crippen LogP contribution in [0.1, 0.15) is 47.5 Å². The predicted molar refractivity (Wildman–Crippen MR) is 59.5 cm³/mol. The molecule has 1 atom stereocenters. The van der Waals surface area contributed by atoms with Crippen LogP contribution in [-0.2, 0) is 14.3 Å². The van der Waals surface area contributed by atoms with Crippen molar-refractivity contribution >= 4 is 11.8 Å². The molecule has 15 heavy (non-hydrogen) atoms. The minimum atomic E-state index is -0.272. The Bertz CT molecular complexity index is 219. The van der Waals surface area contributed by atoms with Gasteiger partial charge in [0.25, 0.3) is 0 Å². The molecule has 3 heteroatoms. The predicted octanol–water partition coefficient (Wildman–Crippen LogP) is 2.58. The summed E-state index contributed by atoms with van der Waals surface area (Å²) in [6.45, 7) is 9.26. The smallest absolute Gasteiger partial charge is 0.306 e. The molecule has 0 aromatic rings. The number of esters is 1. The van der Waals surface area contributed by atoms with E-state index in [1.165, 1.54) is 0 Å². The molecule has 0 saturated heterocycles. The monoisotopic (exact) mass is 214 g/mol. The first-order chi connectivity index (χ1) is 6.88. The highest BCUT2D eigenvalue weighted by molar-refractivity contribution is 5.86. The lowest BCUT2D eigenvalue weighted by atomic mass is 9.90. The third-order valence-corrected chi connectivity index (χ3v) is 2.24. The molecule has 88 valence electrons. The van der Waals surface area contributed by atoms with E-state index in [-0.39, 0.29) is 36.1 Å². The first kappa shape index (κ1) is 14.1. The molecule has 0 aromatic heterocycles. The van der Waals surface area contributed by atoms with Crippen molar-refractivity contribution in [1.29, 1.82) is 0 Å². The molecule has 0 radical (unpaired) electrons. The van der Waals surface area contributed by atoms with E-state index in [4.69, 9.17) is 4.74 Å². The highest BCUT2D eigenvalue weighted by Gasteiger charge is 2.23. The number of carbonyl (C=O) groups is 2. The first-order valence-corrected chi connectivity index (χ1v) is 5.61. The summed E-state index contributed by atoms with van der Waals surface area (Å²) in [5.74, 6) is -0.317. The van der Waals surface area contributed by atoms with E-state index in [9.17, 15) is 9.59 Å². The Kier molecular flexibility index (Phi) is 6.21. The highest BCUT2D eigenvalue weighted by atomic mass is 16.5. The van der Waals surface area contributed by atoms with Crippen LogP contribution in [0.4, 0.5) is 0 Å². The van der Waals surface area contributed by atoms with Gasteiger partial charge >= 0.3 is 5.97 Å². The molecule has 0 amide bonds. The molecular weight excluding hydrogens is 192 g/mol. The summed E-state index contributed by atoms with van der Waals surface area (Å²) in [6.07, 6.45) is 0.805. The Morgan fingerprint density at radius 3 is 2.00 bits per heavy atom. The normalized spacial score (nSPS) is 13.0. The molecule has 0 heterocycles. The van der Waals surface area contributed by atoms with E-state index in [0.717, 1.165) is 0 Å². The van der Waals surface area contributed by atoms with E-state index in [1.54, 1.807) is 0 Å². The molecule has 0 aliphatic heterocycles. The molecule has 0 N–H and O–H groups in total. The van der Waals surface area contributed by atoms with Crippen molar-refractivity contribution in [3.8, 4) is 0 Å². The van der Waals surface area contributed by atoms with Crippen molar-refractivity contribution in [1.82, 2.24) is 0 Å². The first-order valence-electron chi connectivity index (χ1n) is 5.61. The van der Waals surface area contributed by atoms with Crippen LogP contribution in [0.25, 0.3) is 0 Å². The topological polar surface area (TPSA) is 43.4 Å². The number of rotatable bonds is 6. The quantitative estimate of drug-likeness (QED) is 0.638. The molecule has 0 saturated carbocycles. The molecule has 0 aromatic carbocycles. The Morgan fingerprint density at radius 2 is 1.67 bits per heavy atom. The molecule has 0 fully saturated rings. The van der Waals surface area contributed by atoms with Crippen LogP contribution < -0.4 is 0 Å². The molecule has 3 nitrogen and oxygen atoms in total. The van der Waals surface area contributed by atoms with Crippen molar-refractivity contribution in [2.75, 3.05) is 0 Å². The zero-order valence-corrected chi connectivity index (χ0v) is 10.4. The van der Waals surface area contributed by atoms with E-state index < -0.39 is 0 Å². The number of hydrogen-bond acceptors (Lipinski definition) is 3. The fourth-order valence-corrected chi connectivity index (χ4v) is 1.43. The second-order valence-electron chi connectivity index (χ2n) is 4.40. The average Bonchev–Trinajstić information content (AvgIpc) is 2.11. The molecule has 0 aliphatic rings. The summed E-state index contributed by atoms with van der Waals surface area (Å²) < 4.78 is 5.02. The van der Waals surface area contributed by atoms with E-state index in [1.807, 2.05) is 34.6 Å². The van der Waals surface area contributed by atoms with Gasteiger partial charge < -0.3 is 4.74 Å². The SMILES string of the molecule is CCC(CC(=O)OC(C)C)C(=O)C(C)C. The Labute approximate surface area is 92.2 Å². The van der Waals surface area contributed by atoms with Crippen molar-refractivity contribution in [3.05, 3.63) is 0 Å². The van der Waals surface area contributed by atoms with Crippen LogP contribution >= 0.6 is 0 Å². The molecular formula is C12H22O3. The Morgan fingerprint density at radius 1 is 1.13 bits per heavy atom. The number of carbonyl (C=O) groups excluding carboxylic acids is 2. The van der Waals surface area contributed by atoms with Gasteiger partial charge in [0.1, 0.15) is 5.78 Å². The number of hydrogen-bond donors (Lipinski definition) is 0. The van der Waals surface area contributed by atoms with Crippen LogP contribution in [0, 0.1) is 11.8 Å². The largest absolute Gasteiger partial charge is 0.463 e. The van der Waals surface area contributed by atoms with Crippen molar-refractivity contribution < 1.29 is 14.3 Å². The van der Waals surface area contributed by atoms with E-state index in [0.29, 0.717) is 6.42 Å². The Hall–Kier alpha value is -0.860. The molecule has 0 bridgehead atoms. The van der Waals surface area contributed by atoms with Crippen LogP contribution in [0.3, 0.4) is 0 Å². The zero-order chi connectivity index (χ0) is 12.0. The lowest BCUT2D eigenvalue weighted by Gasteiger charge is -2.16. The highest BCUT2D eigenvalue weighted by Crippen LogP contribution is 2.16. The van der Waals surface area contributed by atoms with E-state index >= 15 is 0 Å². The fourth-order valence-electron chi connectivity index (χ4n) is 1.43. The lowest BCUT2D eigenvalue weighted by molar-refractivity contribution is -0.150. The minimum Gasteiger partial charge on any atom is -0.463 e. The molecule has 0 aliphatic carbocycles. The van der Waals surface area contributed by atoms with Gasteiger partial charge in [-0.05, 0) is 20.3 Å². The molecule has 0 rings (SSSR count). The van der Waals surface area contributed by atoms with Gasteiger partial charge in [-0.3, -0.25) is 9.59 Å². The van der Waals surface area contributed by atoms with Crippen LogP contribution in [0.5, 0.6) is 0 Å². The third kappa shape index (κ3) is 5.55. The summed E-state index contributed by atoms with van der Waals surface area (Å²) in [6, 6.07) is 0. The summed E-state index contributed by atoms with van der Waals surface area (Å²) in [5, 5.41) is 0. The van der Waals surface area contributed by atoms with Crippen LogP contribution in [-0.4, -0.2) is 17.9 Å². The summed E-state index contributed by atoms with van der Waals surface area (Å²) in [5.41, 5.74) is 0. The van der Waals surface area contributed by atoms with Gasteiger partial charge in [-0.25, -0.2) is 0 Å². The maximum Gasteiger partial charge on any atom is 0.306 e. The maximum atomic E-state index is 11.7. The second kappa shape index (κ2) is 6.59. The van der Waals surface area contributed by atoms with Crippen molar-refractivity contribution in [2.24, 2.45) is 11.8 Å². The molecule has 0 spiro atoms. The summed E-state index contributed by atoms with van der Waals surface area (Å²) >= 11 is 0. The molecule has 1 unspecified atom stereocenters. The zero-order valence-electron chi connectivity index (χ0n) is 10.4. The van der Waals surface area contributed by atoms with Crippen LogP contribution in [0.15, 0.2) is 0 Å². The number of ketones is 1. The maximum absolute atomic E-state index is 11.7. The number of Topliss-reactive ketones (excluding diaryl/α,β-unsaturated/α-hetero) is 1. The third-order valence-electron chi connectivity index (χ3n) is 2.24. The van der Waals surface area contributed by atoms with E-state index in [2.05, 4.69) is 0 Å². The standard InChI is InChI=1S/C12H22O3/c1-6-10(12(14)8(2)3)7-11(13)15-9(4)5/h8-10H,6-7H2,1-5H3. The summed E-state index contributed by atoms with van der Waals surface area (Å²) in [4.78, 5) is 23.1. The van der Waals surface area contributed by atoms with Gasteiger partial charge in [0.05, 0.1) is 12.5 Å². The van der Waals surface area contributed by atoms with Gasteiger partial charge in [-0.2, -0.15) is 0 Å². The Balaban J connectivity index is 4.21. The number of ether oxygens (including phenoxy) is 1. The van der Waals surface area contributed by atoms with Gasteiger partial charge in [0, 0.05) is 11.8 Å². The average molecular weight is 214 g/mol. The van der Waals surface area contributed by atoms with Crippen molar-refractivity contribution in [3.63, 3.8) is 0 Å². The van der Waals surface area contributed by atoms with Crippen molar-refractivity contribution in [2.45, 2.75) is 53.6 Å². The fraction of sp³-hybridized carbons (Fsp3) is 0.833. The van der Waals surface area contributed by atoms with Gasteiger partial charge in [0.2, 0.25) is 0 Å². The van der Waals surface area contributed by atoms with Crippen LogP contribution in [0.2, 0.25) is 0 Å². The van der Waals surface area contributed by atoms with Gasteiger partial charge in [0.15, 0.2) is 0 Å². The minimum absolute atomic E-state index is 0.0122. The van der Waals surface area contributed by atoms with Gasteiger partial charge in [-0.15, -0.1) is 0 Å². The van der Waals surface area contributed by atoms with Gasteiger partial charge in [-0.1, -0.05) is 20.8 Å². The summed E-state index contributed by atoms with van der Waals surface area (Å²) in [7, 11) is 0. The second-order valence-corrected chi connectivity index (χ2v) is 4.40.